The second-order valence-electron chi connectivity index (χ2n) is 4.95. The number of aromatic nitrogens is 4. The van der Waals surface area contributed by atoms with Crippen LogP contribution in [0.2, 0.25) is 0 Å². The van der Waals surface area contributed by atoms with Crippen molar-refractivity contribution in [1.82, 2.24) is 19.9 Å². The Bertz CT molecular complexity index is 961. The van der Waals surface area contributed by atoms with Crippen LogP contribution < -0.4 is 0 Å². The molecule has 0 radical (unpaired) electrons. The molecule has 0 fully saturated rings. The molecule has 5 heteroatoms. The van der Waals surface area contributed by atoms with Crippen LogP contribution in [0.4, 0.5) is 0 Å². The van der Waals surface area contributed by atoms with Crippen molar-refractivity contribution < 1.29 is 0 Å². The van der Waals surface area contributed by atoms with E-state index in [0.717, 1.165) is 38.6 Å². The van der Waals surface area contributed by atoms with Crippen LogP contribution in [-0.2, 0) is 0 Å². The number of hydrogen-bond donors (Lipinski definition) is 0. The van der Waals surface area contributed by atoms with Crippen molar-refractivity contribution in [2.24, 2.45) is 0 Å². The van der Waals surface area contributed by atoms with Gasteiger partial charge in [0.15, 0.2) is 0 Å². The number of benzene rings is 1. The van der Waals surface area contributed by atoms with Crippen LogP contribution in [0.1, 0.15) is 5.69 Å². The average Bonchev–Trinajstić information content (AvgIpc) is 3.04. The minimum absolute atomic E-state index is 0.871. The molecule has 4 nitrogen and oxygen atoms in total. The molecule has 1 aromatic carbocycles. The van der Waals surface area contributed by atoms with Gasteiger partial charge in [0.25, 0.3) is 0 Å². The van der Waals surface area contributed by atoms with E-state index in [9.17, 15) is 0 Å². The third-order valence-electron chi connectivity index (χ3n) is 3.43. The molecule has 4 aromatic rings. The van der Waals surface area contributed by atoms with Gasteiger partial charge in [-0.15, -0.1) is 11.3 Å². The van der Waals surface area contributed by atoms with Crippen molar-refractivity contribution in [3.8, 4) is 21.8 Å². The Labute approximate surface area is 131 Å². The Balaban J connectivity index is 1.87. The van der Waals surface area contributed by atoms with Crippen molar-refractivity contribution in [1.29, 1.82) is 0 Å². The van der Waals surface area contributed by atoms with Crippen LogP contribution in [0.3, 0.4) is 0 Å². The first kappa shape index (κ1) is 13.0. The summed E-state index contributed by atoms with van der Waals surface area (Å²) < 4.78 is 0. The lowest BCUT2D eigenvalue weighted by Crippen LogP contribution is -1.88. The number of pyridine rings is 1. The van der Waals surface area contributed by atoms with Gasteiger partial charge in [0, 0.05) is 23.7 Å². The first-order valence-electron chi connectivity index (χ1n) is 6.90. The molecule has 3 heterocycles. The summed E-state index contributed by atoms with van der Waals surface area (Å²) in [5.74, 6) is 0. The predicted molar refractivity (Wildman–Crippen MR) is 88.6 cm³/mol. The highest BCUT2D eigenvalue weighted by atomic mass is 32.1. The van der Waals surface area contributed by atoms with E-state index in [1.54, 1.807) is 23.7 Å². The van der Waals surface area contributed by atoms with E-state index in [4.69, 9.17) is 0 Å². The number of thiazole rings is 1. The van der Waals surface area contributed by atoms with Crippen molar-refractivity contribution in [3.63, 3.8) is 0 Å². The van der Waals surface area contributed by atoms with Gasteiger partial charge < -0.3 is 0 Å². The standard InChI is InChI=1S/C17H12N4S/c1-11-3-2-4-14(21-11)17-16(20-10-22-17)12-5-6-13-15(9-12)19-8-7-18-13/h2-10H,1H3. The first-order valence-corrected chi connectivity index (χ1v) is 7.78. The maximum Gasteiger partial charge on any atom is 0.0907 e. The smallest absolute Gasteiger partial charge is 0.0907 e. The van der Waals surface area contributed by atoms with Gasteiger partial charge in [-0.2, -0.15) is 0 Å². The number of nitrogens with zero attached hydrogens (tertiary/aromatic N) is 4. The molecular formula is C17H12N4S. The fraction of sp³-hybridized carbons (Fsp3) is 0.0588. The van der Waals surface area contributed by atoms with Crippen LogP contribution in [0, 0.1) is 6.92 Å². The van der Waals surface area contributed by atoms with Crippen molar-refractivity contribution in [2.45, 2.75) is 6.92 Å². The molecule has 0 spiro atoms. The molecule has 0 saturated carbocycles. The second-order valence-corrected chi connectivity index (χ2v) is 5.81. The minimum Gasteiger partial charge on any atom is -0.253 e. The SMILES string of the molecule is Cc1cccc(-c2scnc2-c2ccc3nccnc3c2)n1. The molecule has 4 rings (SSSR count). The van der Waals surface area contributed by atoms with Crippen LogP contribution in [-0.4, -0.2) is 19.9 Å². The average molecular weight is 304 g/mol. The molecule has 0 aliphatic rings. The van der Waals surface area contributed by atoms with E-state index < -0.39 is 0 Å². The van der Waals surface area contributed by atoms with Gasteiger partial charge in [0.05, 0.1) is 32.8 Å². The van der Waals surface area contributed by atoms with E-state index in [2.05, 4.69) is 19.9 Å². The molecular weight excluding hydrogens is 292 g/mol. The molecule has 3 aromatic heterocycles. The highest BCUT2D eigenvalue weighted by molar-refractivity contribution is 7.13. The number of fused-ring (bicyclic) bond motifs is 1. The lowest BCUT2D eigenvalue weighted by atomic mass is 10.1. The Hall–Kier alpha value is -2.66. The van der Waals surface area contributed by atoms with E-state index in [1.165, 1.54) is 0 Å². The summed E-state index contributed by atoms with van der Waals surface area (Å²) in [5, 5.41) is 0. The maximum atomic E-state index is 4.61. The Kier molecular flexibility index (Phi) is 3.12. The van der Waals surface area contributed by atoms with Crippen LogP contribution in [0.5, 0.6) is 0 Å². The summed E-state index contributed by atoms with van der Waals surface area (Å²) in [6.07, 6.45) is 3.41. The van der Waals surface area contributed by atoms with Crippen LogP contribution >= 0.6 is 11.3 Å². The van der Waals surface area contributed by atoms with Gasteiger partial charge in [-0.05, 0) is 31.2 Å². The Morgan fingerprint density at radius 1 is 0.909 bits per heavy atom. The molecule has 0 amide bonds. The van der Waals surface area contributed by atoms with Crippen molar-refractivity contribution >= 4 is 22.4 Å². The zero-order valence-corrected chi connectivity index (χ0v) is 12.7. The number of rotatable bonds is 2. The minimum atomic E-state index is 0.871. The Morgan fingerprint density at radius 2 is 1.77 bits per heavy atom. The first-order chi connectivity index (χ1) is 10.8. The molecule has 0 aliphatic carbocycles. The van der Waals surface area contributed by atoms with E-state index >= 15 is 0 Å². The summed E-state index contributed by atoms with van der Waals surface area (Å²) >= 11 is 1.60. The highest BCUT2D eigenvalue weighted by Gasteiger charge is 2.13. The van der Waals surface area contributed by atoms with Gasteiger partial charge >= 0.3 is 0 Å². The van der Waals surface area contributed by atoms with Crippen molar-refractivity contribution in [2.75, 3.05) is 0 Å². The Morgan fingerprint density at radius 3 is 2.64 bits per heavy atom. The monoisotopic (exact) mass is 304 g/mol. The fourth-order valence-electron chi connectivity index (χ4n) is 2.41. The summed E-state index contributed by atoms with van der Waals surface area (Å²) in [6, 6.07) is 12.1. The van der Waals surface area contributed by atoms with Gasteiger partial charge in [-0.1, -0.05) is 12.1 Å². The predicted octanol–water partition coefficient (Wildman–Crippen LogP) is 4.12. The number of hydrogen-bond acceptors (Lipinski definition) is 5. The van der Waals surface area contributed by atoms with E-state index in [-0.39, 0.29) is 0 Å². The second kappa shape index (κ2) is 5.27. The summed E-state index contributed by atoms with van der Waals surface area (Å²) in [4.78, 5) is 18.9. The largest absolute Gasteiger partial charge is 0.253 e. The number of aryl methyl sites for hydroxylation is 1. The van der Waals surface area contributed by atoms with Gasteiger partial charge in [-0.3, -0.25) is 15.0 Å². The normalized spacial score (nSPS) is 11.0. The van der Waals surface area contributed by atoms with E-state index in [1.807, 2.05) is 48.8 Å². The maximum absolute atomic E-state index is 4.61. The summed E-state index contributed by atoms with van der Waals surface area (Å²) in [7, 11) is 0. The molecule has 106 valence electrons. The molecule has 0 N–H and O–H groups in total. The molecule has 0 aliphatic heterocycles. The molecule has 22 heavy (non-hydrogen) atoms. The summed E-state index contributed by atoms with van der Waals surface area (Å²) in [6.45, 7) is 2.00. The highest BCUT2D eigenvalue weighted by Crippen LogP contribution is 2.34. The zero-order valence-electron chi connectivity index (χ0n) is 11.9. The zero-order chi connectivity index (χ0) is 14.9. The van der Waals surface area contributed by atoms with E-state index in [0.29, 0.717) is 0 Å². The molecule has 0 saturated heterocycles. The molecule has 0 atom stereocenters. The third kappa shape index (κ3) is 2.25. The summed E-state index contributed by atoms with van der Waals surface area (Å²) in [5.41, 5.74) is 7.55. The van der Waals surface area contributed by atoms with Crippen LogP contribution in [0.25, 0.3) is 32.9 Å². The lowest BCUT2D eigenvalue weighted by molar-refractivity contribution is 1.21. The van der Waals surface area contributed by atoms with Crippen molar-refractivity contribution in [3.05, 3.63) is 60.0 Å². The lowest BCUT2D eigenvalue weighted by Gasteiger charge is -2.04. The quantitative estimate of drug-likeness (QED) is 0.559. The van der Waals surface area contributed by atoms with Crippen LogP contribution in [0.15, 0.2) is 54.3 Å². The topological polar surface area (TPSA) is 51.6 Å². The molecule has 0 bridgehead atoms. The molecule has 0 unspecified atom stereocenters. The van der Waals surface area contributed by atoms with Gasteiger partial charge in [-0.25, -0.2) is 4.98 Å². The third-order valence-corrected chi connectivity index (χ3v) is 4.28. The fourth-order valence-corrected chi connectivity index (χ4v) is 3.19. The van der Waals surface area contributed by atoms with Gasteiger partial charge in [0.2, 0.25) is 0 Å². The van der Waals surface area contributed by atoms with Gasteiger partial charge in [0.1, 0.15) is 0 Å².